The van der Waals surface area contributed by atoms with Crippen molar-refractivity contribution in [1.29, 1.82) is 0 Å². The van der Waals surface area contributed by atoms with E-state index in [-0.39, 0.29) is 5.91 Å². The van der Waals surface area contributed by atoms with E-state index in [0.717, 1.165) is 5.56 Å². The lowest BCUT2D eigenvalue weighted by Crippen LogP contribution is -2.17. The van der Waals surface area contributed by atoms with Gasteiger partial charge in [-0.2, -0.15) is 5.10 Å². The maximum absolute atomic E-state index is 12.0. The number of amides is 1. The molecule has 0 aromatic heterocycles. The van der Waals surface area contributed by atoms with E-state index in [1.54, 1.807) is 24.3 Å². The molecule has 0 radical (unpaired) electrons. The fourth-order valence-electron chi connectivity index (χ4n) is 2.01. The number of fused-ring (bicyclic) bond motifs is 1. The number of carbonyl (C=O) groups is 1. The number of rotatable bonds is 3. The molecule has 0 fully saturated rings. The molecule has 1 aliphatic rings. The first-order chi connectivity index (χ1) is 11.1. The average molecular weight is 351 g/mol. The van der Waals surface area contributed by atoms with E-state index in [0.29, 0.717) is 40.3 Å². The fourth-order valence-corrected chi connectivity index (χ4v) is 2.31. The highest BCUT2D eigenvalue weighted by molar-refractivity contribution is 6.42. The summed E-state index contributed by atoms with van der Waals surface area (Å²) in [4.78, 5) is 12.0. The van der Waals surface area contributed by atoms with Crippen LogP contribution in [0.15, 0.2) is 41.5 Å². The number of nitrogens with zero attached hydrogens (tertiary/aromatic N) is 1. The number of hydrazone groups is 1. The Morgan fingerprint density at radius 2 is 1.83 bits per heavy atom. The lowest BCUT2D eigenvalue weighted by molar-refractivity contribution is 0.0955. The van der Waals surface area contributed by atoms with Gasteiger partial charge in [-0.25, -0.2) is 5.43 Å². The smallest absolute Gasteiger partial charge is 0.271 e. The molecule has 0 aliphatic carbocycles. The van der Waals surface area contributed by atoms with Crippen LogP contribution in [0, 0.1) is 0 Å². The maximum atomic E-state index is 12.0. The number of ether oxygens (including phenoxy) is 2. The second kappa shape index (κ2) is 6.89. The van der Waals surface area contributed by atoms with Crippen LogP contribution in [0.4, 0.5) is 0 Å². The largest absolute Gasteiger partial charge is 0.486 e. The molecule has 3 rings (SSSR count). The lowest BCUT2D eigenvalue weighted by Gasteiger charge is -2.18. The summed E-state index contributed by atoms with van der Waals surface area (Å²) in [6.45, 7) is 1.06. The van der Waals surface area contributed by atoms with Crippen LogP contribution < -0.4 is 14.9 Å². The first-order valence-electron chi connectivity index (χ1n) is 6.81. The summed E-state index contributed by atoms with van der Waals surface area (Å²) in [5.74, 6) is 0.988. The van der Waals surface area contributed by atoms with Crippen LogP contribution in [0.1, 0.15) is 15.9 Å². The molecule has 5 nitrogen and oxygen atoms in total. The molecular formula is C16H12Cl2N2O3. The van der Waals surface area contributed by atoms with Crippen molar-refractivity contribution in [2.24, 2.45) is 5.10 Å². The third-order valence-corrected chi connectivity index (χ3v) is 3.87. The summed E-state index contributed by atoms with van der Waals surface area (Å²) in [6, 6.07) is 10.0. The van der Waals surface area contributed by atoms with E-state index in [9.17, 15) is 4.79 Å². The third kappa shape index (κ3) is 3.75. The van der Waals surface area contributed by atoms with Crippen LogP contribution in [0.25, 0.3) is 0 Å². The standard InChI is InChI=1S/C16H12Cl2N2O3/c17-12-3-2-11(8-13(12)18)16(21)20-19-9-10-1-4-14-15(7-10)23-6-5-22-14/h1-4,7-9H,5-6H2,(H,20,21)/b19-9-. The number of halogens is 2. The van der Waals surface area contributed by atoms with Gasteiger partial charge in [0.25, 0.3) is 5.91 Å². The number of hydrogen-bond acceptors (Lipinski definition) is 4. The highest BCUT2D eigenvalue weighted by atomic mass is 35.5. The van der Waals surface area contributed by atoms with Gasteiger partial charge in [-0.1, -0.05) is 23.2 Å². The van der Waals surface area contributed by atoms with Gasteiger partial charge in [0.1, 0.15) is 13.2 Å². The van der Waals surface area contributed by atoms with Gasteiger partial charge in [0.15, 0.2) is 11.5 Å². The SMILES string of the molecule is O=C(N/N=C\c1ccc2c(c1)OCCO2)c1ccc(Cl)c(Cl)c1. The minimum Gasteiger partial charge on any atom is -0.486 e. The Morgan fingerprint density at radius 1 is 1.04 bits per heavy atom. The van der Waals surface area contributed by atoms with Crippen molar-refractivity contribution in [2.75, 3.05) is 13.2 Å². The molecule has 1 heterocycles. The van der Waals surface area contributed by atoms with Crippen molar-refractivity contribution in [1.82, 2.24) is 5.43 Å². The van der Waals surface area contributed by atoms with Crippen molar-refractivity contribution in [2.45, 2.75) is 0 Å². The summed E-state index contributed by atoms with van der Waals surface area (Å²) in [6.07, 6.45) is 1.52. The maximum Gasteiger partial charge on any atom is 0.271 e. The van der Waals surface area contributed by atoms with E-state index in [2.05, 4.69) is 10.5 Å². The first-order valence-corrected chi connectivity index (χ1v) is 7.57. The summed E-state index contributed by atoms with van der Waals surface area (Å²) in [5.41, 5.74) is 3.59. The second-order valence-corrected chi connectivity index (χ2v) is 5.55. The highest BCUT2D eigenvalue weighted by Gasteiger charge is 2.11. The van der Waals surface area contributed by atoms with E-state index in [1.165, 1.54) is 12.3 Å². The van der Waals surface area contributed by atoms with Gasteiger partial charge >= 0.3 is 0 Å². The average Bonchev–Trinajstić information content (AvgIpc) is 2.57. The van der Waals surface area contributed by atoms with Gasteiger partial charge in [-0.3, -0.25) is 4.79 Å². The van der Waals surface area contributed by atoms with Gasteiger partial charge in [-0.05, 0) is 42.0 Å². The molecule has 0 saturated carbocycles. The van der Waals surface area contributed by atoms with Gasteiger partial charge in [0, 0.05) is 5.56 Å². The summed E-state index contributed by atoms with van der Waals surface area (Å²) in [7, 11) is 0. The molecule has 0 atom stereocenters. The van der Waals surface area contributed by atoms with Crippen molar-refractivity contribution in [3.63, 3.8) is 0 Å². The van der Waals surface area contributed by atoms with Gasteiger partial charge < -0.3 is 9.47 Å². The molecule has 0 bridgehead atoms. The van der Waals surface area contributed by atoms with Gasteiger partial charge in [0.05, 0.1) is 16.3 Å². The minimum atomic E-state index is -0.377. The molecular weight excluding hydrogens is 339 g/mol. The van der Waals surface area contributed by atoms with Crippen LogP contribution in [0.3, 0.4) is 0 Å². The van der Waals surface area contributed by atoms with Crippen LogP contribution >= 0.6 is 23.2 Å². The van der Waals surface area contributed by atoms with Gasteiger partial charge in [0.2, 0.25) is 0 Å². The van der Waals surface area contributed by atoms with E-state index in [4.69, 9.17) is 32.7 Å². The summed E-state index contributed by atoms with van der Waals surface area (Å²) in [5, 5.41) is 4.63. The molecule has 7 heteroatoms. The zero-order valence-corrected chi connectivity index (χ0v) is 13.4. The molecule has 2 aromatic rings. The Balaban J connectivity index is 1.66. The third-order valence-electron chi connectivity index (χ3n) is 3.13. The van der Waals surface area contributed by atoms with E-state index >= 15 is 0 Å². The van der Waals surface area contributed by atoms with Crippen molar-refractivity contribution in [3.05, 3.63) is 57.6 Å². The highest BCUT2D eigenvalue weighted by Crippen LogP contribution is 2.30. The van der Waals surface area contributed by atoms with Crippen molar-refractivity contribution < 1.29 is 14.3 Å². The Hall–Kier alpha value is -2.24. The molecule has 23 heavy (non-hydrogen) atoms. The predicted octanol–water partition coefficient (Wildman–Crippen LogP) is 3.53. The molecule has 1 aliphatic heterocycles. The number of carbonyl (C=O) groups excluding carboxylic acids is 1. The summed E-state index contributed by atoms with van der Waals surface area (Å²) >= 11 is 11.7. The molecule has 2 aromatic carbocycles. The Labute approximate surface area is 142 Å². The molecule has 1 amide bonds. The summed E-state index contributed by atoms with van der Waals surface area (Å²) < 4.78 is 10.9. The Bertz CT molecular complexity index is 778. The number of benzene rings is 2. The topological polar surface area (TPSA) is 59.9 Å². The zero-order valence-electron chi connectivity index (χ0n) is 11.9. The Morgan fingerprint density at radius 3 is 2.61 bits per heavy atom. The van der Waals surface area contributed by atoms with Crippen LogP contribution in [-0.4, -0.2) is 25.3 Å². The molecule has 0 unspecified atom stereocenters. The lowest BCUT2D eigenvalue weighted by atomic mass is 10.2. The second-order valence-electron chi connectivity index (χ2n) is 4.73. The van der Waals surface area contributed by atoms with E-state index < -0.39 is 0 Å². The normalized spacial score (nSPS) is 13.1. The van der Waals surface area contributed by atoms with Crippen LogP contribution in [0.2, 0.25) is 10.0 Å². The fraction of sp³-hybridized carbons (Fsp3) is 0.125. The number of hydrogen-bond donors (Lipinski definition) is 1. The van der Waals surface area contributed by atoms with Crippen molar-refractivity contribution in [3.8, 4) is 11.5 Å². The molecule has 1 N–H and O–H groups in total. The van der Waals surface area contributed by atoms with E-state index in [1.807, 2.05) is 6.07 Å². The molecule has 118 valence electrons. The first kappa shape index (κ1) is 15.6. The minimum absolute atomic E-state index is 0.315. The number of nitrogens with one attached hydrogen (secondary N) is 1. The van der Waals surface area contributed by atoms with Crippen LogP contribution in [-0.2, 0) is 0 Å². The molecule has 0 saturated heterocycles. The monoisotopic (exact) mass is 350 g/mol. The van der Waals surface area contributed by atoms with Crippen LogP contribution in [0.5, 0.6) is 11.5 Å². The predicted molar refractivity (Wildman–Crippen MR) is 89.0 cm³/mol. The zero-order chi connectivity index (χ0) is 16.2. The Kier molecular flexibility index (Phi) is 4.69. The molecule has 0 spiro atoms. The van der Waals surface area contributed by atoms with Gasteiger partial charge in [-0.15, -0.1) is 0 Å². The van der Waals surface area contributed by atoms with Crippen molar-refractivity contribution >= 4 is 35.3 Å². The quantitative estimate of drug-likeness (QED) is 0.680.